The average molecular weight is 356 g/mol. The Morgan fingerprint density at radius 1 is 1.08 bits per heavy atom. The number of anilines is 1. The molecule has 0 saturated carbocycles. The molecule has 0 spiro atoms. The SMILES string of the molecule is CCN(CC(=O)Nc1cccc(C)c1C)Cc1ccc(OC)c(OC)c1. The maximum absolute atomic E-state index is 12.5. The van der Waals surface area contributed by atoms with Gasteiger partial charge in [0.15, 0.2) is 11.5 Å². The number of likely N-dealkylation sites (N-methyl/N-ethyl adjacent to an activating group) is 1. The van der Waals surface area contributed by atoms with E-state index in [0.717, 1.165) is 23.4 Å². The lowest BCUT2D eigenvalue weighted by molar-refractivity contribution is -0.117. The molecule has 140 valence electrons. The van der Waals surface area contributed by atoms with Gasteiger partial charge in [0, 0.05) is 12.2 Å². The number of hydrogen-bond donors (Lipinski definition) is 1. The Morgan fingerprint density at radius 2 is 1.81 bits per heavy atom. The second-order valence-electron chi connectivity index (χ2n) is 6.29. The van der Waals surface area contributed by atoms with Gasteiger partial charge in [-0.25, -0.2) is 0 Å². The van der Waals surface area contributed by atoms with Crippen LogP contribution in [-0.2, 0) is 11.3 Å². The number of methoxy groups -OCH3 is 2. The summed E-state index contributed by atoms with van der Waals surface area (Å²) in [7, 11) is 3.24. The minimum atomic E-state index is -0.0129. The average Bonchev–Trinajstić information content (AvgIpc) is 2.64. The van der Waals surface area contributed by atoms with Gasteiger partial charge in [0.25, 0.3) is 0 Å². The number of hydrogen-bond acceptors (Lipinski definition) is 4. The highest BCUT2D eigenvalue weighted by molar-refractivity contribution is 5.93. The smallest absolute Gasteiger partial charge is 0.238 e. The van der Waals surface area contributed by atoms with Crippen LogP contribution in [0.1, 0.15) is 23.6 Å². The summed E-state index contributed by atoms with van der Waals surface area (Å²) >= 11 is 0. The highest BCUT2D eigenvalue weighted by Crippen LogP contribution is 2.28. The van der Waals surface area contributed by atoms with E-state index in [1.807, 2.05) is 57.2 Å². The van der Waals surface area contributed by atoms with E-state index in [-0.39, 0.29) is 5.91 Å². The van der Waals surface area contributed by atoms with Gasteiger partial charge in [-0.15, -0.1) is 0 Å². The number of nitrogens with zero attached hydrogens (tertiary/aromatic N) is 1. The molecule has 0 aliphatic rings. The van der Waals surface area contributed by atoms with Gasteiger partial charge in [-0.05, 0) is 55.3 Å². The van der Waals surface area contributed by atoms with Crippen molar-refractivity contribution in [1.82, 2.24) is 4.90 Å². The first-order chi connectivity index (χ1) is 12.5. The number of amides is 1. The fraction of sp³-hybridized carbons (Fsp3) is 0.381. The predicted octanol–water partition coefficient (Wildman–Crippen LogP) is 3.78. The van der Waals surface area contributed by atoms with Gasteiger partial charge in [0.2, 0.25) is 5.91 Å². The van der Waals surface area contributed by atoms with E-state index < -0.39 is 0 Å². The summed E-state index contributed by atoms with van der Waals surface area (Å²) < 4.78 is 10.6. The van der Waals surface area contributed by atoms with Gasteiger partial charge in [0.1, 0.15) is 0 Å². The molecule has 0 atom stereocenters. The van der Waals surface area contributed by atoms with Crippen LogP contribution in [0.4, 0.5) is 5.69 Å². The summed E-state index contributed by atoms with van der Waals surface area (Å²) in [5.41, 5.74) is 4.21. The maximum Gasteiger partial charge on any atom is 0.238 e. The zero-order chi connectivity index (χ0) is 19.1. The Kier molecular flexibility index (Phi) is 7.04. The summed E-state index contributed by atoms with van der Waals surface area (Å²) in [4.78, 5) is 14.5. The van der Waals surface area contributed by atoms with Crippen molar-refractivity contribution in [1.29, 1.82) is 0 Å². The summed E-state index contributed by atoms with van der Waals surface area (Å²) in [5.74, 6) is 1.38. The van der Waals surface area contributed by atoms with Crippen molar-refractivity contribution in [3.8, 4) is 11.5 Å². The van der Waals surface area contributed by atoms with E-state index >= 15 is 0 Å². The summed E-state index contributed by atoms with van der Waals surface area (Å²) in [5, 5.41) is 3.02. The molecule has 2 rings (SSSR count). The normalized spacial score (nSPS) is 10.7. The van der Waals surface area contributed by atoms with Gasteiger partial charge in [-0.2, -0.15) is 0 Å². The van der Waals surface area contributed by atoms with E-state index in [0.29, 0.717) is 24.6 Å². The van der Waals surface area contributed by atoms with Crippen LogP contribution >= 0.6 is 0 Å². The molecule has 0 saturated heterocycles. The van der Waals surface area contributed by atoms with Crippen molar-refractivity contribution >= 4 is 11.6 Å². The van der Waals surface area contributed by atoms with E-state index in [1.54, 1.807) is 14.2 Å². The van der Waals surface area contributed by atoms with Crippen LogP contribution in [0.15, 0.2) is 36.4 Å². The molecular weight excluding hydrogens is 328 g/mol. The first kappa shape index (κ1) is 19.8. The van der Waals surface area contributed by atoms with Gasteiger partial charge in [0.05, 0.1) is 20.8 Å². The van der Waals surface area contributed by atoms with Crippen LogP contribution < -0.4 is 14.8 Å². The number of carbonyl (C=O) groups excluding carboxylic acids is 1. The summed E-state index contributed by atoms with van der Waals surface area (Å²) in [6.45, 7) is 7.88. The number of nitrogens with one attached hydrogen (secondary N) is 1. The van der Waals surface area contributed by atoms with Crippen molar-refractivity contribution in [2.24, 2.45) is 0 Å². The molecule has 2 aromatic carbocycles. The third-order valence-electron chi connectivity index (χ3n) is 4.55. The monoisotopic (exact) mass is 356 g/mol. The lowest BCUT2D eigenvalue weighted by Crippen LogP contribution is -2.33. The molecule has 0 radical (unpaired) electrons. The van der Waals surface area contributed by atoms with Crippen molar-refractivity contribution < 1.29 is 14.3 Å². The fourth-order valence-corrected chi connectivity index (χ4v) is 2.80. The Balaban J connectivity index is 2.02. The Labute approximate surface area is 155 Å². The van der Waals surface area contributed by atoms with Crippen molar-refractivity contribution in [3.63, 3.8) is 0 Å². The van der Waals surface area contributed by atoms with Crippen molar-refractivity contribution in [3.05, 3.63) is 53.1 Å². The molecule has 0 heterocycles. The number of rotatable bonds is 8. The minimum Gasteiger partial charge on any atom is -0.493 e. The number of aryl methyl sites for hydroxylation is 1. The largest absolute Gasteiger partial charge is 0.493 e. The molecule has 0 aliphatic heterocycles. The second-order valence-corrected chi connectivity index (χ2v) is 6.29. The molecule has 1 amide bonds. The fourth-order valence-electron chi connectivity index (χ4n) is 2.80. The van der Waals surface area contributed by atoms with E-state index in [9.17, 15) is 4.79 Å². The van der Waals surface area contributed by atoms with E-state index in [2.05, 4.69) is 10.2 Å². The lowest BCUT2D eigenvalue weighted by atomic mass is 10.1. The van der Waals surface area contributed by atoms with Crippen LogP contribution in [0, 0.1) is 13.8 Å². The molecule has 1 N–H and O–H groups in total. The zero-order valence-corrected chi connectivity index (χ0v) is 16.3. The van der Waals surface area contributed by atoms with Gasteiger partial charge in [-0.1, -0.05) is 25.1 Å². The molecule has 0 bridgehead atoms. The van der Waals surface area contributed by atoms with E-state index in [1.165, 1.54) is 5.56 Å². The summed E-state index contributed by atoms with van der Waals surface area (Å²) in [6.07, 6.45) is 0. The Bertz CT molecular complexity index is 759. The quantitative estimate of drug-likeness (QED) is 0.782. The third kappa shape index (κ3) is 4.99. The van der Waals surface area contributed by atoms with Crippen molar-refractivity contribution in [2.75, 3.05) is 32.6 Å². The molecule has 5 heteroatoms. The second kappa shape index (κ2) is 9.25. The zero-order valence-electron chi connectivity index (χ0n) is 16.3. The Hall–Kier alpha value is -2.53. The molecular formula is C21H28N2O3. The molecule has 2 aromatic rings. The van der Waals surface area contributed by atoms with Crippen molar-refractivity contribution in [2.45, 2.75) is 27.3 Å². The standard InChI is InChI=1S/C21H28N2O3/c1-6-23(13-17-10-11-19(25-4)20(12-17)26-5)14-21(24)22-18-9-7-8-15(2)16(18)3/h7-12H,6,13-14H2,1-5H3,(H,22,24). The molecule has 0 unspecified atom stereocenters. The summed E-state index contributed by atoms with van der Waals surface area (Å²) in [6, 6.07) is 11.8. The maximum atomic E-state index is 12.5. The molecule has 5 nitrogen and oxygen atoms in total. The van der Waals surface area contributed by atoms with E-state index in [4.69, 9.17) is 9.47 Å². The highest BCUT2D eigenvalue weighted by atomic mass is 16.5. The molecule has 26 heavy (non-hydrogen) atoms. The topological polar surface area (TPSA) is 50.8 Å². The van der Waals surface area contributed by atoms with Crippen LogP contribution in [0.3, 0.4) is 0 Å². The van der Waals surface area contributed by atoms with Crippen LogP contribution in [0.2, 0.25) is 0 Å². The van der Waals surface area contributed by atoms with Gasteiger partial charge < -0.3 is 14.8 Å². The third-order valence-corrected chi connectivity index (χ3v) is 4.55. The van der Waals surface area contributed by atoms with Crippen LogP contribution in [-0.4, -0.2) is 38.1 Å². The van der Waals surface area contributed by atoms with Gasteiger partial charge >= 0.3 is 0 Å². The first-order valence-corrected chi connectivity index (χ1v) is 8.77. The molecule has 0 fully saturated rings. The number of benzene rings is 2. The first-order valence-electron chi connectivity index (χ1n) is 8.77. The van der Waals surface area contributed by atoms with Crippen LogP contribution in [0.25, 0.3) is 0 Å². The highest BCUT2D eigenvalue weighted by Gasteiger charge is 2.13. The predicted molar refractivity (Wildman–Crippen MR) is 105 cm³/mol. The number of carbonyl (C=O) groups is 1. The van der Waals surface area contributed by atoms with Crippen LogP contribution in [0.5, 0.6) is 11.5 Å². The van der Waals surface area contributed by atoms with Gasteiger partial charge in [-0.3, -0.25) is 9.69 Å². The number of ether oxygens (including phenoxy) is 2. The molecule has 0 aliphatic carbocycles. The Morgan fingerprint density at radius 3 is 2.46 bits per heavy atom. The molecule has 0 aromatic heterocycles. The minimum absolute atomic E-state index is 0.0129. The lowest BCUT2D eigenvalue weighted by Gasteiger charge is -2.21.